The predicted octanol–water partition coefficient (Wildman–Crippen LogP) is 4.79. The molecule has 0 saturated carbocycles. The summed E-state index contributed by atoms with van der Waals surface area (Å²) >= 11 is 0. The topological polar surface area (TPSA) is 40.5 Å². The smallest absolute Gasteiger partial charge is 0.0634 e. The zero-order chi connectivity index (χ0) is 16.8. The lowest BCUT2D eigenvalue weighted by Gasteiger charge is -2.45. The monoisotopic (exact) mass is 306 g/mol. The zero-order valence-electron chi connectivity index (χ0n) is 15.0. The van der Waals surface area contributed by atoms with Gasteiger partial charge >= 0.3 is 0 Å². The van der Waals surface area contributed by atoms with Crippen molar-refractivity contribution in [3.05, 3.63) is 34.9 Å². The Kier molecular flexibility index (Phi) is 7.58. The molecule has 1 aliphatic rings. The van der Waals surface area contributed by atoms with E-state index in [1.807, 2.05) is 6.08 Å². The Morgan fingerprint density at radius 2 is 2.00 bits per heavy atom. The van der Waals surface area contributed by atoms with Crippen LogP contribution in [0.4, 0.5) is 0 Å². The van der Waals surface area contributed by atoms with E-state index in [1.165, 1.54) is 16.7 Å². The number of aliphatic hydroxyl groups excluding tert-OH is 2. The Hall–Kier alpha value is -0.860. The Bertz CT molecular complexity index is 441. The van der Waals surface area contributed by atoms with Crippen LogP contribution in [0, 0.1) is 11.3 Å². The molecule has 1 rings (SSSR count). The Labute approximate surface area is 136 Å². The van der Waals surface area contributed by atoms with E-state index in [9.17, 15) is 5.11 Å². The van der Waals surface area contributed by atoms with E-state index in [2.05, 4.69) is 46.8 Å². The van der Waals surface area contributed by atoms with Crippen LogP contribution >= 0.6 is 0 Å². The van der Waals surface area contributed by atoms with Gasteiger partial charge in [-0.05, 0) is 65.7 Å². The minimum atomic E-state index is -0.256. The average molecular weight is 306 g/mol. The lowest BCUT2D eigenvalue weighted by Crippen LogP contribution is -2.42. The zero-order valence-corrected chi connectivity index (χ0v) is 15.0. The molecule has 0 aromatic rings. The Morgan fingerprint density at radius 1 is 1.32 bits per heavy atom. The molecule has 0 bridgehead atoms. The van der Waals surface area contributed by atoms with Crippen molar-refractivity contribution >= 4 is 0 Å². The highest BCUT2D eigenvalue weighted by molar-refractivity contribution is 5.17. The molecule has 0 radical (unpaired) electrons. The third-order valence-corrected chi connectivity index (χ3v) is 5.27. The quantitative estimate of drug-likeness (QED) is 0.664. The van der Waals surface area contributed by atoms with Gasteiger partial charge in [-0.3, -0.25) is 0 Å². The number of aliphatic hydroxyl groups is 2. The molecule has 126 valence electrons. The molecule has 3 atom stereocenters. The first-order valence-corrected chi connectivity index (χ1v) is 8.55. The van der Waals surface area contributed by atoms with E-state index in [0.717, 1.165) is 32.1 Å². The van der Waals surface area contributed by atoms with Gasteiger partial charge in [0.05, 0.1) is 12.7 Å². The van der Waals surface area contributed by atoms with Gasteiger partial charge in [0.25, 0.3) is 0 Å². The summed E-state index contributed by atoms with van der Waals surface area (Å²) in [4.78, 5) is 0. The molecule has 0 saturated heterocycles. The molecular weight excluding hydrogens is 272 g/mol. The highest BCUT2D eigenvalue weighted by Gasteiger charge is 2.42. The second-order valence-corrected chi connectivity index (χ2v) is 7.35. The van der Waals surface area contributed by atoms with Crippen LogP contribution in [0.5, 0.6) is 0 Å². The molecule has 0 aliphatic heterocycles. The molecule has 0 heterocycles. The first-order chi connectivity index (χ1) is 10.3. The van der Waals surface area contributed by atoms with Crippen LogP contribution < -0.4 is 0 Å². The van der Waals surface area contributed by atoms with Gasteiger partial charge in [0, 0.05) is 5.41 Å². The average Bonchev–Trinajstić information content (AvgIpc) is 2.43. The third-order valence-electron chi connectivity index (χ3n) is 5.27. The van der Waals surface area contributed by atoms with Crippen molar-refractivity contribution < 1.29 is 10.2 Å². The maximum atomic E-state index is 10.6. The SMILES string of the molecule is CC(C)=CCCC1(C)C(O)CC=C(C)C1CCC(C)=CCO. The lowest BCUT2D eigenvalue weighted by atomic mass is 9.62. The van der Waals surface area contributed by atoms with Crippen LogP contribution in [-0.4, -0.2) is 22.9 Å². The van der Waals surface area contributed by atoms with Crippen molar-refractivity contribution in [2.24, 2.45) is 11.3 Å². The fourth-order valence-corrected chi connectivity index (χ4v) is 3.66. The standard InChI is InChI=1S/C20H34O2/c1-15(2)7-6-13-20(5)18(10-8-16(3)12-14-21)17(4)9-11-19(20)22/h7,9,12,18-19,21-22H,6,8,10-11,13-14H2,1-5H3. The number of hydrogen-bond acceptors (Lipinski definition) is 2. The molecule has 2 heteroatoms. The van der Waals surface area contributed by atoms with E-state index in [1.54, 1.807) is 0 Å². The van der Waals surface area contributed by atoms with Crippen LogP contribution in [0.3, 0.4) is 0 Å². The van der Waals surface area contributed by atoms with Crippen LogP contribution in [0.15, 0.2) is 34.9 Å². The van der Waals surface area contributed by atoms with Crippen molar-refractivity contribution in [1.82, 2.24) is 0 Å². The van der Waals surface area contributed by atoms with Gasteiger partial charge in [-0.1, -0.05) is 41.9 Å². The normalized spacial score (nSPS) is 29.2. The van der Waals surface area contributed by atoms with Gasteiger partial charge in [-0.2, -0.15) is 0 Å². The second-order valence-electron chi connectivity index (χ2n) is 7.35. The lowest BCUT2D eigenvalue weighted by molar-refractivity contribution is -0.0112. The van der Waals surface area contributed by atoms with Crippen LogP contribution in [0.25, 0.3) is 0 Å². The molecule has 2 N–H and O–H groups in total. The minimum absolute atomic E-state index is 0.0513. The molecule has 0 spiro atoms. The Balaban J connectivity index is 2.86. The molecule has 22 heavy (non-hydrogen) atoms. The van der Waals surface area contributed by atoms with E-state index < -0.39 is 0 Å². The Morgan fingerprint density at radius 3 is 2.59 bits per heavy atom. The molecule has 1 aliphatic carbocycles. The van der Waals surface area contributed by atoms with E-state index >= 15 is 0 Å². The summed E-state index contributed by atoms with van der Waals surface area (Å²) in [5.41, 5.74) is 3.95. The summed E-state index contributed by atoms with van der Waals surface area (Å²) in [7, 11) is 0. The van der Waals surface area contributed by atoms with Crippen molar-refractivity contribution in [3.63, 3.8) is 0 Å². The van der Waals surface area contributed by atoms with Crippen molar-refractivity contribution in [2.75, 3.05) is 6.61 Å². The maximum Gasteiger partial charge on any atom is 0.0634 e. The fraction of sp³-hybridized carbons (Fsp3) is 0.700. The van der Waals surface area contributed by atoms with Crippen molar-refractivity contribution in [3.8, 4) is 0 Å². The third kappa shape index (κ3) is 5.10. The van der Waals surface area contributed by atoms with Crippen LogP contribution in [0.2, 0.25) is 0 Å². The molecular formula is C20H34O2. The van der Waals surface area contributed by atoms with Gasteiger partial charge in [-0.25, -0.2) is 0 Å². The van der Waals surface area contributed by atoms with E-state index in [-0.39, 0.29) is 18.1 Å². The highest BCUT2D eigenvalue weighted by atomic mass is 16.3. The van der Waals surface area contributed by atoms with Crippen molar-refractivity contribution in [1.29, 1.82) is 0 Å². The fourth-order valence-electron chi connectivity index (χ4n) is 3.66. The summed E-state index contributed by atoms with van der Waals surface area (Å²) in [6.07, 6.45) is 11.0. The molecule has 3 unspecified atom stereocenters. The van der Waals surface area contributed by atoms with Gasteiger partial charge < -0.3 is 10.2 Å². The molecule has 0 fully saturated rings. The first-order valence-electron chi connectivity index (χ1n) is 8.55. The summed E-state index contributed by atoms with van der Waals surface area (Å²) in [5.74, 6) is 0.420. The molecule has 0 aromatic heterocycles. The van der Waals surface area contributed by atoms with Crippen LogP contribution in [-0.2, 0) is 0 Å². The number of rotatable bonds is 7. The summed E-state index contributed by atoms with van der Waals surface area (Å²) in [5, 5.41) is 19.6. The van der Waals surface area contributed by atoms with Crippen LogP contribution in [0.1, 0.15) is 66.7 Å². The van der Waals surface area contributed by atoms with Crippen molar-refractivity contribution in [2.45, 2.75) is 72.8 Å². The predicted molar refractivity (Wildman–Crippen MR) is 94.7 cm³/mol. The largest absolute Gasteiger partial charge is 0.392 e. The van der Waals surface area contributed by atoms with Gasteiger partial charge in [0.2, 0.25) is 0 Å². The second kappa shape index (κ2) is 8.69. The summed E-state index contributed by atoms with van der Waals surface area (Å²) < 4.78 is 0. The first kappa shape index (κ1) is 19.2. The highest BCUT2D eigenvalue weighted by Crippen LogP contribution is 2.47. The number of allylic oxidation sites excluding steroid dienone is 4. The number of hydrogen-bond donors (Lipinski definition) is 2. The molecule has 0 aromatic carbocycles. The van der Waals surface area contributed by atoms with E-state index in [0.29, 0.717) is 5.92 Å². The van der Waals surface area contributed by atoms with Gasteiger partial charge in [0.1, 0.15) is 0 Å². The summed E-state index contributed by atoms with van der Waals surface area (Å²) in [6.45, 7) is 10.9. The maximum absolute atomic E-state index is 10.6. The van der Waals surface area contributed by atoms with E-state index in [4.69, 9.17) is 5.11 Å². The van der Waals surface area contributed by atoms with Gasteiger partial charge in [-0.15, -0.1) is 0 Å². The van der Waals surface area contributed by atoms with Gasteiger partial charge in [0.15, 0.2) is 0 Å². The molecule has 0 amide bonds. The summed E-state index contributed by atoms with van der Waals surface area (Å²) in [6, 6.07) is 0. The molecule has 2 nitrogen and oxygen atoms in total. The minimum Gasteiger partial charge on any atom is -0.392 e.